The van der Waals surface area contributed by atoms with E-state index in [2.05, 4.69) is 36.1 Å². The summed E-state index contributed by atoms with van der Waals surface area (Å²) >= 11 is 0. The van der Waals surface area contributed by atoms with Gasteiger partial charge in [0, 0.05) is 5.92 Å². The molecule has 1 N–H and O–H groups in total. The standard InChI is InChI=1S/C9H12N7/c1-2-4-7(5-3-1)9(6-10-14-13-9)8-11-15-16-12-8/h6H,1-5H2,(H,11,12,15,16). The van der Waals surface area contributed by atoms with Crippen LogP contribution in [0, 0.1) is 5.92 Å². The lowest BCUT2D eigenvalue weighted by Crippen LogP contribution is -2.34. The number of tetrazole rings is 1. The largest absolute Gasteiger partial charge is 0.240 e. The third-order valence-corrected chi connectivity index (χ3v) is 3.20. The minimum absolute atomic E-state index is 0.620. The fraction of sp³-hybridized carbons (Fsp3) is 0.667. The van der Waals surface area contributed by atoms with E-state index in [1.165, 1.54) is 25.2 Å². The van der Waals surface area contributed by atoms with E-state index in [-0.39, 0.29) is 0 Å². The smallest absolute Gasteiger partial charge is 0.187 e. The molecule has 1 atom stereocenters. The minimum atomic E-state index is -0.621. The zero-order valence-corrected chi connectivity index (χ0v) is 8.80. The second-order valence-electron chi connectivity index (χ2n) is 4.11. The molecule has 1 radical (unpaired) electrons. The predicted molar refractivity (Wildman–Crippen MR) is 55.5 cm³/mol. The normalized spacial score (nSPS) is 30.0. The van der Waals surface area contributed by atoms with Crippen molar-refractivity contribution in [2.75, 3.05) is 0 Å². The molecular formula is C9H12N7. The number of nitrogens with one attached hydrogen (secondary N) is 1. The Morgan fingerprint density at radius 2 is 2.06 bits per heavy atom. The average molecular weight is 218 g/mol. The first-order valence-corrected chi connectivity index (χ1v) is 5.47. The second-order valence-corrected chi connectivity index (χ2v) is 4.11. The molecule has 0 spiro atoms. The van der Waals surface area contributed by atoms with Crippen LogP contribution in [-0.4, -0.2) is 26.8 Å². The van der Waals surface area contributed by atoms with Gasteiger partial charge in [-0.3, -0.25) is 0 Å². The van der Waals surface area contributed by atoms with E-state index in [4.69, 9.17) is 0 Å². The zero-order chi connectivity index (χ0) is 10.8. The van der Waals surface area contributed by atoms with Gasteiger partial charge in [0.05, 0.1) is 6.21 Å². The van der Waals surface area contributed by atoms with Gasteiger partial charge in [0.2, 0.25) is 0 Å². The van der Waals surface area contributed by atoms with Crippen LogP contribution in [0.25, 0.3) is 0 Å². The van der Waals surface area contributed by atoms with Crippen molar-refractivity contribution >= 4 is 6.21 Å². The second kappa shape index (κ2) is 3.73. The molecule has 2 heterocycles. The van der Waals surface area contributed by atoms with E-state index in [0.29, 0.717) is 5.82 Å². The van der Waals surface area contributed by atoms with Crippen molar-refractivity contribution in [1.29, 1.82) is 0 Å². The van der Waals surface area contributed by atoms with Crippen molar-refractivity contribution in [3.63, 3.8) is 0 Å². The van der Waals surface area contributed by atoms with Gasteiger partial charge in [-0.05, 0) is 28.5 Å². The molecule has 1 aromatic heterocycles. The van der Waals surface area contributed by atoms with Crippen molar-refractivity contribution < 1.29 is 0 Å². The van der Waals surface area contributed by atoms with Crippen molar-refractivity contribution in [1.82, 2.24) is 20.6 Å². The van der Waals surface area contributed by atoms with Gasteiger partial charge in [-0.15, -0.1) is 15.3 Å². The molecule has 1 unspecified atom stereocenters. The first-order valence-electron chi connectivity index (χ1n) is 5.47. The van der Waals surface area contributed by atoms with Gasteiger partial charge < -0.3 is 0 Å². The molecule has 1 aliphatic carbocycles. The Kier molecular flexibility index (Phi) is 2.23. The van der Waals surface area contributed by atoms with Crippen LogP contribution < -0.4 is 0 Å². The highest BCUT2D eigenvalue weighted by molar-refractivity contribution is 5.76. The first kappa shape index (κ1) is 9.56. The first-order chi connectivity index (χ1) is 7.92. The van der Waals surface area contributed by atoms with Crippen molar-refractivity contribution in [2.24, 2.45) is 15.4 Å². The van der Waals surface area contributed by atoms with E-state index in [1.807, 2.05) is 0 Å². The molecule has 1 aromatic rings. The fourth-order valence-electron chi connectivity index (χ4n) is 2.35. The van der Waals surface area contributed by atoms with Crippen molar-refractivity contribution in [3.05, 3.63) is 11.7 Å². The Labute approximate surface area is 92.4 Å². The molecule has 7 nitrogen and oxygen atoms in total. The maximum Gasteiger partial charge on any atom is 0.187 e. The molecule has 0 saturated heterocycles. The van der Waals surface area contributed by atoms with Crippen molar-refractivity contribution in [3.8, 4) is 0 Å². The molecule has 1 aliphatic heterocycles. The SMILES string of the molecule is C1=NN=NC1([C]1CCCCC1)c1nnn[nH]1. The molecule has 2 aliphatic rings. The lowest BCUT2D eigenvalue weighted by molar-refractivity contribution is 0.430. The Morgan fingerprint density at radius 1 is 1.19 bits per heavy atom. The molecule has 7 heteroatoms. The number of aromatic nitrogens is 4. The van der Waals surface area contributed by atoms with Gasteiger partial charge in [0.1, 0.15) is 0 Å². The summed E-state index contributed by atoms with van der Waals surface area (Å²) < 4.78 is 0. The van der Waals surface area contributed by atoms with Gasteiger partial charge >= 0.3 is 0 Å². The molecule has 0 bridgehead atoms. The van der Waals surface area contributed by atoms with Crippen LogP contribution in [0.15, 0.2) is 15.4 Å². The Bertz CT molecular complexity index is 390. The highest BCUT2D eigenvalue weighted by atomic mass is 15.5. The minimum Gasteiger partial charge on any atom is -0.240 e. The summed E-state index contributed by atoms with van der Waals surface area (Å²) in [6.07, 6.45) is 7.50. The number of aromatic amines is 1. The summed E-state index contributed by atoms with van der Waals surface area (Å²) in [6.45, 7) is 0. The fourth-order valence-corrected chi connectivity index (χ4v) is 2.35. The molecular weight excluding hydrogens is 206 g/mol. The van der Waals surface area contributed by atoms with Crippen LogP contribution >= 0.6 is 0 Å². The molecule has 83 valence electrons. The van der Waals surface area contributed by atoms with E-state index in [1.54, 1.807) is 6.21 Å². The average Bonchev–Trinajstić information content (AvgIpc) is 3.02. The predicted octanol–water partition coefficient (Wildman–Crippen LogP) is 1.39. The number of hydrogen-bond donors (Lipinski definition) is 1. The summed E-state index contributed by atoms with van der Waals surface area (Å²) in [4.78, 5) is 0. The molecule has 3 rings (SSSR count). The Balaban J connectivity index is 1.97. The zero-order valence-electron chi connectivity index (χ0n) is 8.80. The Hall–Kier alpha value is -1.66. The van der Waals surface area contributed by atoms with Gasteiger partial charge in [0.25, 0.3) is 0 Å². The summed E-state index contributed by atoms with van der Waals surface area (Å²) in [5.41, 5.74) is -0.621. The van der Waals surface area contributed by atoms with Gasteiger partial charge in [-0.1, -0.05) is 19.3 Å². The summed E-state index contributed by atoms with van der Waals surface area (Å²) in [6, 6.07) is 0. The third-order valence-electron chi connectivity index (χ3n) is 3.20. The molecule has 1 saturated carbocycles. The maximum atomic E-state index is 4.23. The van der Waals surface area contributed by atoms with Gasteiger partial charge in [-0.25, -0.2) is 5.10 Å². The number of nitrogens with zero attached hydrogens (tertiary/aromatic N) is 6. The Morgan fingerprint density at radius 3 is 2.69 bits per heavy atom. The highest BCUT2D eigenvalue weighted by Crippen LogP contribution is 2.43. The summed E-state index contributed by atoms with van der Waals surface area (Å²) in [7, 11) is 0. The lowest BCUT2D eigenvalue weighted by atomic mass is 9.75. The van der Waals surface area contributed by atoms with Crippen LogP contribution in [0.2, 0.25) is 0 Å². The molecule has 16 heavy (non-hydrogen) atoms. The highest BCUT2D eigenvalue weighted by Gasteiger charge is 2.45. The van der Waals surface area contributed by atoms with E-state index < -0.39 is 5.54 Å². The maximum absolute atomic E-state index is 4.23. The van der Waals surface area contributed by atoms with Crippen LogP contribution in [0.1, 0.15) is 37.9 Å². The molecule has 1 fully saturated rings. The van der Waals surface area contributed by atoms with E-state index >= 15 is 0 Å². The number of H-pyrrole nitrogens is 1. The quantitative estimate of drug-likeness (QED) is 0.812. The van der Waals surface area contributed by atoms with Gasteiger partial charge in [-0.2, -0.15) is 0 Å². The van der Waals surface area contributed by atoms with Crippen molar-refractivity contribution in [2.45, 2.75) is 37.6 Å². The van der Waals surface area contributed by atoms with Crippen LogP contribution in [0.3, 0.4) is 0 Å². The number of rotatable bonds is 2. The van der Waals surface area contributed by atoms with E-state index in [9.17, 15) is 0 Å². The number of hydrogen-bond acceptors (Lipinski definition) is 6. The van der Waals surface area contributed by atoms with Gasteiger partial charge in [0.15, 0.2) is 11.4 Å². The summed E-state index contributed by atoms with van der Waals surface area (Å²) in [5.74, 6) is 1.93. The van der Waals surface area contributed by atoms with Crippen LogP contribution in [0.5, 0.6) is 0 Å². The molecule has 0 amide bonds. The molecule has 0 aromatic carbocycles. The third kappa shape index (κ3) is 1.35. The summed E-state index contributed by atoms with van der Waals surface area (Å²) in [5, 5.41) is 25.8. The topological polar surface area (TPSA) is 91.5 Å². The van der Waals surface area contributed by atoms with Crippen LogP contribution in [0.4, 0.5) is 0 Å². The lowest BCUT2D eigenvalue weighted by Gasteiger charge is -2.30. The van der Waals surface area contributed by atoms with Crippen LogP contribution in [-0.2, 0) is 5.54 Å². The van der Waals surface area contributed by atoms with E-state index in [0.717, 1.165) is 12.8 Å². The monoisotopic (exact) mass is 218 g/mol.